The first-order chi connectivity index (χ1) is 13.3. The van der Waals surface area contributed by atoms with Crippen LogP contribution in [0.5, 0.6) is 0 Å². The van der Waals surface area contributed by atoms with Crippen molar-refractivity contribution >= 4 is 22.7 Å². The maximum absolute atomic E-state index is 6.19. The fourth-order valence-corrected chi connectivity index (χ4v) is 6.85. The van der Waals surface area contributed by atoms with Crippen molar-refractivity contribution in [2.24, 2.45) is 17.8 Å². The summed E-state index contributed by atoms with van der Waals surface area (Å²) in [4.78, 5) is 4.74. The summed E-state index contributed by atoms with van der Waals surface area (Å²) < 4.78 is 6.19. The second kappa shape index (κ2) is 6.06. The minimum absolute atomic E-state index is 0.182. The van der Waals surface area contributed by atoms with Gasteiger partial charge in [0.15, 0.2) is 0 Å². The number of nitrogens with zero attached hydrogens (tertiary/aromatic N) is 3. The third kappa shape index (κ3) is 2.78. The lowest BCUT2D eigenvalue weighted by Gasteiger charge is -2.55. The fourth-order valence-electron chi connectivity index (χ4n) is 6.18. The van der Waals surface area contributed by atoms with Gasteiger partial charge < -0.3 is 4.42 Å². The summed E-state index contributed by atoms with van der Waals surface area (Å²) in [7, 11) is 0. The number of benzene rings is 1. The number of para-hydroxylation sites is 1. The third-order valence-corrected chi connectivity index (χ3v) is 7.75. The normalized spacial score (nSPS) is 31.6. The molecule has 4 aliphatic carbocycles. The molecule has 0 spiro atoms. The zero-order valence-electron chi connectivity index (χ0n) is 15.3. The van der Waals surface area contributed by atoms with Gasteiger partial charge in [-0.2, -0.15) is 0 Å². The van der Waals surface area contributed by atoms with Gasteiger partial charge in [0.05, 0.1) is 11.2 Å². The molecular formula is C22H23N3OS. The predicted octanol–water partition coefficient (Wildman–Crippen LogP) is 5.38. The van der Waals surface area contributed by atoms with Crippen molar-refractivity contribution in [1.29, 1.82) is 0 Å². The highest BCUT2D eigenvalue weighted by atomic mass is 32.2. The number of aromatic nitrogens is 3. The summed E-state index contributed by atoms with van der Waals surface area (Å²) in [6.07, 6.45) is 8.08. The molecule has 4 aliphatic rings. The van der Waals surface area contributed by atoms with E-state index in [9.17, 15) is 0 Å². The highest BCUT2D eigenvalue weighted by Gasteiger charge is 2.54. The molecule has 0 amide bonds. The molecular weight excluding hydrogens is 354 g/mol. The second-order valence-corrected chi connectivity index (χ2v) is 9.78. The van der Waals surface area contributed by atoms with E-state index >= 15 is 0 Å². The van der Waals surface area contributed by atoms with Crippen LogP contribution in [0.1, 0.15) is 50.1 Å². The lowest BCUT2D eigenvalue weighted by Crippen LogP contribution is -2.48. The van der Waals surface area contributed by atoms with E-state index in [0.29, 0.717) is 5.22 Å². The van der Waals surface area contributed by atoms with Crippen LogP contribution in [0.2, 0.25) is 0 Å². The van der Waals surface area contributed by atoms with Gasteiger partial charge in [-0.3, -0.25) is 4.98 Å². The molecule has 3 aromatic rings. The highest BCUT2D eigenvalue weighted by molar-refractivity contribution is 7.98. The third-order valence-electron chi connectivity index (χ3n) is 6.90. The Labute approximate surface area is 163 Å². The summed E-state index contributed by atoms with van der Waals surface area (Å²) in [6.45, 7) is 0. The second-order valence-electron chi connectivity index (χ2n) is 8.85. The van der Waals surface area contributed by atoms with Crippen molar-refractivity contribution in [3.05, 3.63) is 48.0 Å². The van der Waals surface area contributed by atoms with Gasteiger partial charge in [0.2, 0.25) is 5.89 Å². The van der Waals surface area contributed by atoms with E-state index < -0.39 is 0 Å². The van der Waals surface area contributed by atoms with E-state index in [-0.39, 0.29) is 5.41 Å². The number of rotatable bonds is 4. The van der Waals surface area contributed by atoms with Gasteiger partial charge in [-0.25, -0.2) is 0 Å². The molecule has 2 heterocycles. The summed E-state index contributed by atoms with van der Waals surface area (Å²) in [5, 5.41) is 10.7. The zero-order chi connectivity index (χ0) is 17.8. The molecule has 0 aliphatic heterocycles. The molecule has 0 atom stereocenters. The topological polar surface area (TPSA) is 51.8 Å². The largest absolute Gasteiger partial charge is 0.415 e. The molecule has 7 rings (SSSR count). The first-order valence-electron chi connectivity index (χ1n) is 10.1. The number of thioether (sulfide) groups is 1. The van der Waals surface area contributed by atoms with Gasteiger partial charge >= 0.3 is 0 Å². The molecule has 0 saturated heterocycles. The lowest BCUT2D eigenvalue weighted by atomic mass is 9.49. The van der Waals surface area contributed by atoms with Crippen LogP contribution in [0.3, 0.4) is 0 Å². The fraction of sp³-hybridized carbons (Fsp3) is 0.500. The average molecular weight is 378 g/mol. The Kier molecular flexibility index (Phi) is 3.62. The molecule has 0 unspecified atom stereocenters. The standard InChI is InChI=1S/C22H23N3OS/c1-2-4-19-17(3-1)5-6-18(23-19)13-27-21-25-24-20(26-21)22-10-14-7-15(11-22)9-16(8-14)12-22/h1-6,14-16H,7-13H2. The SMILES string of the molecule is c1ccc2nc(CSc3nnc(C45CC6CC(CC(C6)C4)C5)o3)ccc2c1. The summed E-state index contributed by atoms with van der Waals surface area (Å²) in [6, 6.07) is 12.4. The Morgan fingerprint density at radius 2 is 1.67 bits per heavy atom. The van der Waals surface area contributed by atoms with Crippen LogP contribution >= 0.6 is 11.8 Å². The first kappa shape index (κ1) is 16.1. The molecule has 5 heteroatoms. The van der Waals surface area contributed by atoms with Crippen LogP contribution in [-0.4, -0.2) is 15.2 Å². The van der Waals surface area contributed by atoms with Crippen molar-refractivity contribution in [3.63, 3.8) is 0 Å². The molecule has 4 saturated carbocycles. The van der Waals surface area contributed by atoms with Crippen LogP contribution < -0.4 is 0 Å². The molecule has 27 heavy (non-hydrogen) atoms. The summed E-state index contributed by atoms with van der Waals surface area (Å²) >= 11 is 1.60. The molecule has 0 N–H and O–H groups in total. The van der Waals surface area contributed by atoms with Crippen molar-refractivity contribution in [3.8, 4) is 0 Å². The molecule has 4 bridgehead atoms. The van der Waals surface area contributed by atoms with E-state index in [2.05, 4.69) is 34.5 Å². The average Bonchev–Trinajstić information content (AvgIpc) is 3.15. The van der Waals surface area contributed by atoms with Crippen LogP contribution in [0.15, 0.2) is 46.0 Å². The van der Waals surface area contributed by atoms with Crippen LogP contribution in [0, 0.1) is 17.8 Å². The Balaban J connectivity index is 1.20. The Bertz CT molecular complexity index is 963. The van der Waals surface area contributed by atoms with Gasteiger partial charge in [0, 0.05) is 16.6 Å². The molecule has 4 nitrogen and oxygen atoms in total. The summed E-state index contributed by atoms with van der Waals surface area (Å²) in [5.74, 6) is 4.34. The Hall–Kier alpha value is -1.88. The summed E-state index contributed by atoms with van der Waals surface area (Å²) in [5.41, 5.74) is 2.27. The van der Waals surface area contributed by atoms with Gasteiger partial charge in [0.25, 0.3) is 5.22 Å². The van der Waals surface area contributed by atoms with E-state index in [1.165, 1.54) is 43.9 Å². The van der Waals surface area contributed by atoms with E-state index in [1.807, 2.05) is 12.1 Å². The van der Waals surface area contributed by atoms with Gasteiger partial charge in [0.1, 0.15) is 0 Å². The monoisotopic (exact) mass is 377 g/mol. The molecule has 2 aromatic heterocycles. The van der Waals surface area contributed by atoms with E-state index in [0.717, 1.165) is 40.6 Å². The number of hydrogen-bond donors (Lipinski definition) is 0. The van der Waals surface area contributed by atoms with Crippen molar-refractivity contribution in [2.75, 3.05) is 0 Å². The van der Waals surface area contributed by atoms with Crippen molar-refractivity contribution in [2.45, 2.75) is 54.9 Å². The maximum atomic E-state index is 6.19. The Morgan fingerprint density at radius 1 is 0.926 bits per heavy atom. The number of fused-ring (bicyclic) bond motifs is 1. The van der Waals surface area contributed by atoms with Crippen molar-refractivity contribution in [1.82, 2.24) is 15.2 Å². The van der Waals surface area contributed by atoms with Gasteiger partial charge in [-0.1, -0.05) is 36.0 Å². The molecule has 4 fully saturated rings. The number of hydrogen-bond acceptors (Lipinski definition) is 5. The van der Waals surface area contributed by atoms with Crippen LogP contribution in [-0.2, 0) is 11.2 Å². The number of pyridine rings is 1. The molecule has 0 radical (unpaired) electrons. The van der Waals surface area contributed by atoms with Crippen LogP contribution in [0.4, 0.5) is 0 Å². The van der Waals surface area contributed by atoms with E-state index in [4.69, 9.17) is 9.40 Å². The van der Waals surface area contributed by atoms with Gasteiger partial charge in [-0.15, -0.1) is 10.2 Å². The minimum Gasteiger partial charge on any atom is -0.415 e. The smallest absolute Gasteiger partial charge is 0.276 e. The molecule has 138 valence electrons. The minimum atomic E-state index is 0.182. The van der Waals surface area contributed by atoms with Crippen molar-refractivity contribution < 1.29 is 4.42 Å². The zero-order valence-corrected chi connectivity index (χ0v) is 16.1. The van der Waals surface area contributed by atoms with Crippen LogP contribution in [0.25, 0.3) is 10.9 Å². The first-order valence-corrected chi connectivity index (χ1v) is 11.1. The maximum Gasteiger partial charge on any atom is 0.276 e. The molecule has 1 aromatic carbocycles. The Morgan fingerprint density at radius 3 is 2.44 bits per heavy atom. The van der Waals surface area contributed by atoms with Gasteiger partial charge in [-0.05, 0) is 68.4 Å². The lowest BCUT2D eigenvalue weighted by molar-refractivity contribution is -0.0191. The highest BCUT2D eigenvalue weighted by Crippen LogP contribution is 2.60. The van der Waals surface area contributed by atoms with E-state index in [1.54, 1.807) is 11.8 Å². The predicted molar refractivity (Wildman–Crippen MR) is 105 cm³/mol. The quantitative estimate of drug-likeness (QED) is 0.572.